The molecule has 84 valence electrons. The van der Waals surface area contributed by atoms with Crippen LogP contribution in [0.4, 0.5) is 0 Å². The average molecular weight is 232 g/mol. The van der Waals surface area contributed by atoms with Crippen LogP contribution in [0.1, 0.15) is 13.3 Å². The minimum atomic E-state index is -3.43. The second-order valence-electron chi connectivity index (χ2n) is 3.72. The maximum Gasteiger partial charge on any atom is 0.334 e. The largest absolute Gasteiger partial charge is 0.478 e. The quantitative estimate of drug-likeness (QED) is 0.703. The van der Waals surface area contributed by atoms with Gasteiger partial charge in [-0.25, -0.2) is 13.2 Å². The molecule has 15 heavy (non-hydrogen) atoms. The van der Waals surface area contributed by atoms with Crippen LogP contribution in [0.5, 0.6) is 0 Å². The van der Waals surface area contributed by atoms with Crippen molar-refractivity contribution in [1.29, 1.82) is 0 Å². The number of carbonyl (C=O) groups is 1. The third-order valence-electron chi connectivity index (χ3n) is 2.23. The van der Waals surface area contributed by atoms with Crippen LogP contribution in [0, 0.1) is 0 Å². The van der Waals surface area contributed by atoms with Crippen LogP contribution in [-0.2, 0) is 14.6 Å². The van der Waals surface area contributed by atoms with E-state index in [1.165, 1.54) is 13.0 Å². The number of allylic oxidation sites excluding steroid dienone is 1. The summed E-state index contributed by atoms with van der Waals surface area (Å²) in [6.07, 6.45) is 3.30. The van der Waals surface area contributed by atoms with Crippen LogP contribution in [0.3, 0.4) is 0 Å². The molecule has 6 heteroatoms. The summed E-state index contributed by atoms with van der Waals surface area (Å²) in [6, 6.07) is 0. The Hall–Kier alpha value is -1.14. The van der Waals surface area contributed by atoms with Gasteiger partial charge in [0.25, 0.3) is 0 Å². The van der Waals surface area contributed by atoms with Crippen molar-refractivity contribution < 1.29 is 23.4 Å². The molecule has 0 aliphatic heterocycles. The van der Waals surface area contributed by atoms with Gasteiger partial charge >= 0.3 is 5.97 Å². The average Bonchev–Trinajstić information content (AvgIpc) is 2.00. The lowest BCUT2D eigenvalue weighted by Crippen LogP contribution is -2.33. The van der Waals surface area contributed by atoms with Crippen molar-refractivity contribution in [2.24, 2.45) is 0 Å². The number of sulfone groups is 1. The summed E-state index contributed by atoms with van der Waals surface area (Å²) < 4.78 is 22.4. The number of hydrogen-bond donors (Lipinski definition) is 2. The predicted octanol–water partition coefficient (Wildman–Crippen LogP) is 0.0806. The molecule has 0 heterocycles. The van der Waals surface area contributed by atoms with E-state index < -0.39 is 21.4 Å². The number of carboxylic acid groups (broad SMARTS) is 1. The van der Waals surface area contributed by atoms with E-state index in [1.807, 2.05) is 0 Å². The highest BCUT2D eigenvalue weighted by molar-refractivity contribution is 7.94. The van der Waals surface area contributed by atoms with Gasteiger partial charge in [-0.2, -0.15) is 0 Å². The molecule has 0 aromatic rings. The van der Waals surface area contributed by atoms with Crippen LogP contribution in [0.25, 0.3) is 0 Å². The first-order valence-electron chi connectivity index (χ1n) is 4.22. The second-order valence-corrected chi connectivity index (χ2v) is 5.74. The van der Waals surface area contributed by atoms with E-state index in [1.54, 1.807) is 0 Å². The zero-order chi connectivity index (χ0) is 11.9. The van der Waals surface area contributed by atoms with Crippen LogP contribution < -0.4 is 0 Å². The molecule has 0 bridgehead atoms. The van der Waals surface area contributed by atoms with Crippen LogP contribution >= 0.6 is 0 Å². The van der Waals surface area contributed by atoms with Crippen LogP contribution in [-0.4, -0.2) is 36.5 Å². The smallest absolute Gasteiger partial charge is 0.334 e. The summed E-state index contributed by atoms with van der Waals surface area (Å²) in [5, 5.41) is 18.5. The molecule has 0 radical (unpaired) electrons. The molecule has 0 spiro atoms. The Kier molecular flexibility index (Phi) is 2.75. The normalized spacial score (nSPS) is 26.9. The lowest BCUT2D eigenvalue weighted by molar-refractivity contribution is -0.134. The fourth-order valence-corrected chi connectivity index (χ4v) is 2.03. The van der Waals surface area contributed by atoms with E-state index in [0.29, 0.717) is 0 Å². The summed E-state index contributed by atoms with van der Waals surface area (Å²) in [5.74, 6) is -1.31. The van der Waals surface area contributed by atoms with Gasteiger partial charge in [0.05, 0.1) is 16.1 Å². The molecule has 2 N–H and O–H groups in total. The van der Waals surface area contributed by atoms with Crippen molar-refractivity contribution in [2.75, 3.05) is 6.26 Å². The summed E-state index contributed by atoms with van der Waals surface area (Å²) in [5.41, 5.74) is -1.81. The Bertz CT molecular complexity index is 453. The first kappa shape index (κ1) is 11.9. The molecule has 0 amide bonds. The van der Waals surface area contributed by atoms with E-state index >= 15 is 0 Å². The highest BCUT2D eigenvalue weighted by Crippen LogP contribution is 2.29. The van der Waals surface area contributed by atoms with E-state index in [0.717, 1.165) is 12.3 Å². The van der Waals surface area contributed by atoms with Gasteiger partial charge in [-0.1, -0.05) is 6.08 Å². The van der Waals surface area contributed by atoms with E-state index in [2.05, 4.69) is 0 Å². The Morgan fingerprint density at radius 1 is 1.53 bits per heavy atom. The first-order valence-corrected chi connectivity index (χ1v) is 6.12. The van der Waals surface area contributed by atoms with Crippen molar-refractivity contribution in [2.45, 2.75) is 18.9 Å². The zero-order valence-electron chi connectivity index (χ0n) is 8.39. The third-order valence-corrected chi connectivity index (χ3v) is 3.37. The minimum Gasteiger partial charge on any atom is -0.478 e. The molecule has 0 saturated heterocycles. The van der Waals surface area contributed by atoms with Crippen molar-refractivity contribution in [1.82, 2.24) is 0 Å². The third kappa shape index (κ3) is 2.45. The fraction of sp³-hybridized carbons (Fsp3) is 0.444. The molecule has 1 unspecified atom stereocenters. The summed E-state index contributed by atoms with van der Waals surface area (Å²) in [4.78, 5) is 10.7. The Morgan fingerprint density at radius 3 is 2.47 bits per heavy atom. The number of carboxylic acids is 1. The molecule has 1 aliphatic rings. The molecule has 0 fully saturated rings. The minimum absolute atomic E-state index is 0.0203. The van der Waals surface area contributed by atoms with Gasteiger partial charge in [0.15, 0.2) is 9.84 Å². The Balaban J connectivity index is 3.25. The Labute approximate surface area is 87.6 Å². The summed E-state index contributed by atoms with van der Waals surface area (Å²) in [7, 11) is -3.43. The Morgan fingerprint density at radius 2 is 2.07 bits per heavy atom. The first-order chi connectivity index (χ1) is 6.64. The molecular weight excluding hydrogens is 220 g/mol. The number of aliphatic hydroxyl groups is 1. The molecular formula is C9H12O5S. The maximum absolute atomic E-state index is 11.2. The van der Waals surface area contributed by atoms with E-state index in [-0.39, 0.29) is 16.9 Å². The van der Waals surface area contributed by atoms with Crippen molar-refractivity contribution in [3.8, 4) is 0 Å². The van der Waals surface area contributed by atoms with Gasteiger partial charge in [-0.3, -0.25) is 0 Å². The SMILES string of the molecule is CC1(O)CC=C(S(C)(=O)=O)C=C1C(=O)O. The molecule has 5 nitrogen and oxygen atoms in total. The molecule has 1 rings (SSSR count). The topological polar surface area (TPSA) is 91.7 Å². The zero-order valence-corrected chi connectivity index (χ0v) is 9.21. The van der Waals surface area contributed by atoms with Gasteiger partial charge in [0, 0.05) is 6.26 Å². The molecule has 1 aliphatic carbocycles. The molecule has 0 saturated carbocycles. The van der Waals surface area contributed by atoms with Crippen LogP contribution in [0.15, 0.2) is 22.6 Å². The second kappa shape index (κ2) is 3.46. The van der Waals surface area contributed by atoms with Crippen molar-refractivity contribution in [3.05, 3.63) is 22.6 Å². The van der Waals surface area contributed by atoms with Gasteiger partial charge in [0.1, 0.15) is 0 Å². The predicted molar refractivity (Wildman–Crippen MR) is 53.9 cm³/mol. The monoisotopic (exact) mass is 232 g/mol. The van der Waals surface area contributed by atoms with E-state index in [9.17, 15) is 18.3 Å². The highest BCUT2D eigenvalue weighted by Gasteiger charge is 2.34. The number of aliphatic carboxylic acids is 1. The lowest BCUT2D eigenvalue weighted by Gasteiger charge is -2.26. The molecule has 0 aromatic heterocycles. The number of hydrogen-bond acceptors (Lipinski definition) is 4. The molecule has 0 aromatic carbocycles. The van der Waals surface area contributed by atoms with Crippen LogP contribution in [0.2, 0.25) is 0 Å². The van der Waals surface area contributed by atoms with Gasteiger partial charge in [-0.15, -0.1) is 0 Å². The fourth-order valence-electron chi connectivity index (χ4n) is 1.32. The highest BCUT2D eigenvalue weighted by atomic mass is 32.2. The summed E-state index contributed by atoms with van der Waals surface area (Å²) in [6.45, 7) is 1.34. The maximum atomic E-state index is 11.2. The van der Waals surface area contributed by atoms with Gasteiger partial charge in [-0.05, 0) is 19.4 Å². The number of rotatable bonds is 2. The van der Waals surface area contributed by atoms with E-state index in [4.69, 9.17) is 5.11 Å². The molecule has 1 atom stereocenters. The standard InChI is InChI=1S/C9H12O5S/c1-9(12)4-3-6(15(2,13)14)5-7(9)8(10)11/h3,5,12H,4H2,1-2H3,(H,10,11). The van der Waals surface area contributed by atoms with Crippen molar-refractivity contribution >= 4 is 15.8 Å². The van der Waals surface area contributed by atoms with Crippen molar-refractivity contribution in [3.63, 3.8) is 0 Å². The summed E-state index contributed by atoms with van der Waals surface area (Å²) >= 11 is 0. The lowest BCUT2D eigenvalue weighted by atomic mass is 9.88. The van der Waals surface area contributed by atoms with Gasteiger partial charge < -0.3 is 10.2 Å². The van der Waals surface area contributed by atoms with Gasteiger partial charge in [0.2, 0.25) is 0 Å².